The van der Waals surface area contributed by atoms with Crippen LogP contribution in [0.4, 0.5) is 4.79 Å². The van der Waals surface area contributed by atoms with Crippen LogP contribution in [-0.2, 0) is 14.3 Å². The van der Waals surface area contributed by atoms with Crippen molar-refractivity contribution >= 4 is 25.8 Å². The van der Waals surface area contributed by atoms with E-state index in [1.165, 1.54) is 6.92 Å². The number of carbonyl (C=O) groups is 3. The van der Waals surface area contributed by atoms with Crippen LogP contribution in [-0.4, -0.2) is 50.0 Å². The van der Waals surface area contributed by atoms with Crippen LogP contribution in [0.3, 0.4) is 0 Å². The standard InChI is InChI=1S/C14H26BN3O4/c1-9(11(19)16-8-6-7-15)17-12(20)10(2)18-13(21)22-14(3,4)5/h9-10H,6-8H2,1-5H3,(H,16,19)(H,17,20)(H,18,21)/t9-,10-/m0/s1. The highest BCUT2D eigenvalue weighted by molar-refractivity contribution is 6.08. The molecule has 0 unspecified atom stereocenters. The second-order valence-corrected chi connectivity index (χ2v) is 6.03. The van der Waals surface area contributed by atoms with Gasteiger partial charge in [0.15, 0.2) is 0 Å². The summed E-state index contributed by atoms with van der Waals surface area (Å²) >= 11 is 0. The van der Waals surface area contributed by atoms with Crippen LogP contribution in [0.2, 0.25) is 6.32 Å². The lowest BCUT2D eigenvalue weighted by molar-refractivity contribution is -0.129. The second-order valence-electron chi connectivity index (χ2n) is 6.03. The molecule has 8 heteroatoms. The third kappa shape index (κ3) is 9.25. The van der Waals surface area contributed by atoms with E-state index in [2.05, 4.69) is 16.0 Å². The number of hydrogen-bond acceptors (Lipinski definition) is 4. The molecule has 3 N–H and O–H groups in total. The first-order chi connectivity index (χ1) is 10.1. The van der Waals surface area contributed by atoms with E-state index >= 15 is 0 Å². The Balaban J connectivity index is 4.23. The fraction of sp³-hybridized carbons (Fsp3) is 0.786. The Kier molecular flexibility index (Phi) is 8.59. The van der Waals surface area contributed by atoms with E-state index in [0.29, 0.717) is 19.3 Å². The Hall–Kier alpha value is -1.73. The van der Waals surface area contributed by atoms with Crippen molar-refractivity contribution in [1.29, 1.82) is 0 Å². The molecule has 0 aromatic heterocycles. The molecule has 22 heavy (non-hydrogen) atoms. The van der Waals surface area contributed by atoms with Gasteiger partial charge < -0.3 is 20.7 Å². The predicted octanol–water partition coefficient (Wildman–Crippen LogP) is 0.497. The van der Waals surface area contributed by atoms with E-state index in [0.717, 1.165) is 0 Å². The van der Waals surface area contributed by atoms with E-state index in [-0.39, 0.29) is 5.91 Å². The van der Waals surface area contributed by atoms with Crippen LogP contribution >= 0.6 is 0 Å². The first-order valence-electron chi connectivity index (χ1n) is 7.34. The maximum atomic E-state index is 11.9. The Bertz CT molecular complexity index is 396. The van der Waals surface area contributed by atoms with Gasteiger partial charge >= 0.3 is 6.09 Å². The largest absolute Gasteiger partial charge is 0.444 e. The third-order valence-corrected chi connectivity index (χ3v) is 2.56. The lowest BCUT2D eigenvalue weighted by Gasteiger charge is -2.22. The van der Waals surface area contributed by atoms with Crippen molar-refractivity contribution in [2.75, 3.05) is 6.54 Å². The van der Waals surface area contributed by atoms with Crippen LogP contribution < -0.4 is 16.0 Å². The van der Waals surface area contributed by atoms with Gasteiger partial charge in [-0.3, -0.25) is 9.59 Å². The van der Waals surface area contributed by atoms with Crippen molar-refractivity contribution < 1.29 is 19.1 Å². The van der Waals surface area contributed by atoms with Crippen molar-refractivity contribution in [3.05, 3.63) is 0 Å². The summed E-state index contributed by atoms with van der Waals surface area (Å²) in [5.41, 5.74) is -0.642. The quantitative estimate of drug-likeness (QED) is 0.471. The van der Waals surface area contributed by atoms with Gasteiger partial charge in [-0.2, -0.15) is 0 Å². The van der Waals surface area contributed by atoms with E-state index in [1.54, 1.807) is 27.7 Å². The molecule has 0 aromatic rings. The number of rotatable bonds is 7. The molecule has 0 fully saturated rings. The SMILES string of the molecule is [B]CCCNC(=O)[C@H](C)NC(=O)[C@H](C)NC(=O)OC(C)(C)C. The molecule has 7 nitrogen and oxygen atoms in total. The average molecular weight is 311 g/mol. The fourth-order valence-electron chi connectivity index (χ4n) is 1.42. The topological polar surface area (TPSA) is 96.5 Å². The Morgan fingerprint density at radius 3 is 2.09 bits per heavy atom. The molecule has 0 rings (SSSR count). The van der Waals surface area contributed by atoms with Crippen LogP contribution in [0.5, 0.6) is 0 Å². The molecular formula is C14H26BN3O4. The zero-order valence-electron chi connectivity index (χ0n) is 14.0. The molecule has 0 aliphatic rings. The first kappa shape index (κ1) is 20.3. The van der Waals surface area contributed by atoms with E-state index in [1.807, 2.05) is 0 Å². The molecule has 0 saturated heterocycles. The smallest absolute Gasteiger partial charge is 0.408 e. The monoisotopic (exact) mass is 311 g/mol. The number of nitrogens with one attached hydrogen (secondary N) is 3. The summed E-state index contributed by atoms with van der Waals surface area (Å²) in [6, 6.07) is -1.51. The minimum atomic E-state index is -0.811. The van der Waals surface area contributed by atoms with Gasteiger partial charge in [-0.15, -0.1) is 0 Å². The normalized spacial score (nSPS) is 13.7. The minimum Gasteiger partial charge on any atom is -0.444 e. The van der Waals surface area contributed by atoms with Crippen LogP contribution in [0.1, 0.15) is 41.0 Å². The number of alkyl carbamates (subject to hydrolysis) is 1. The van der Waals surface area contributed by atoms with Crippen LogP contribution in [0.25, 0.3) is 0 Å². The summed E-state index contributed by atoms with van der Waals surface area (Å²) in [5.74, 6) is -0.765. The van der Waals surface area contributed by atoms with Crippen LogP contribution in [0.15, 0.2) is 0 Å². The molecule has 0 aliphatic heterocycles. The van der Waals surface area contributed by atoms with Crippen LogP contribution in [0, 0.1) is 0 Å². The zero-order valence-corrected chi connectivity index (χ0v) is 14.0. The number of carbonyl (C=O) groups excluding carboxylic acids is 3. The summed E-state index contributed by atoms with van der Waals surface area (Å²) in [6.07, 6.45) is 0.469. The average Bonchev–Trinajstić information content (AvgIpc) is 2.36. The molecule has 2 radical (unpaired) electrons. The van der Waals surface area contributed by atoms with Gasteiger partial charge in [-0.25, -0.2) is 4.79 Å². The van der Waals surface area contributed by atoms with E-state index < -0.39 is 29.7 Å². The molecule has 0 aromatic carbocycles. The molecule has 0 bridgehead atoms. The fourth-order valence-corrected chi connectivity index (χ4v) is 1.42. The van der Waals surface area contributed by atoms with Gasteiger partial charge in [0.2, 0.25) is 11.8 Å². The summed E-state index contributed by atoms with van der Waals surface area (Å²) in [4.78, 5) is 35.2. The Labute approximate surface area is 133 Å². The van der Waals surface area contributed by atoms with Crippen molar-refractivity contribution in [1.82, 2.24) is 16.0 Å². The van der Waals surface area contributed by atoms with Crippen molar-refractivity contribution in [2.45, 2.75) is 65.0 Å². The molecule has 0 aliphatic carbocycles. The lowest BCUT2D eigenvalue weighted by atomic mass is 10.0. The molecule has 3 amide bonds. The van der Waals surface area contributed by atoms with Gasteiger partial charge in [-0.1, -0.05) is 6.32 Å². The number of ether oxygens (including phenoxy) is 1. The van der Waals surface area contributed by atoms with Crippen molar-refractivity contribution in [3.8, 4) is 0 Å². The third-order valence-electron chi connectivity index (χ3n) is 2.56. The van der Waals surface area contributed by atoms with Gasteiger partial charge in [-0.05, 0) is 41.0 Å². The van der Waals surface area contributed by atoms with Crippen molar-refractivity contribution in [3.63, 3.8) is 0 Å². The maximum absolute atomic E-state index is 11.9. The second kappa shape index (κ2) is 9.32. The highest BCUT2D eigenvalue weighted by atomic mass is 16.6. The molecular weight excluding hydrogens is 285 g/mol. The molecule has 2 atom stereocenters. The number of hydrogen-bond donors (Lipinski definition) is 3. The summed E-state index contributed by atoms with van der Waals surface area (Å²) in [6.45, 7) is 8.72. The predicted molar refractivity (Wildman–Crippen MR) is 84.6 cm³/mol. The Morgan fingerprint density at radius 1 is 1.05 bits per heavy atom. The molecule has 124 valence electrons. The molecule has 0 heterocycles. The highest BCUT2D eigenvalue weighted by Crippen LogP contribution is 2.06. The summed E-state index contributed by atoms with van der Waals surface area (Å²) in [7, 11) is 5.33. The van der Waals surface area contributed by atoms with Crippen molar-refractivity contribution in [2.24, 2.45) is 0 Å². The first-order valence-corrected chi connectivity index (χ1v) is 7.34. The van der Waals surface area contributed by atoms with Gasteiger partial charge in [0.05, 0.1) is 7.85 Å². The van der Waals surface area contributed by atoms with Gasteiger partial charge in [0.1, 0.15) is 17.7 Å². The molecule has 0 saturated carbocycles. The van der Waals surface area contributed by atoms with Gasteiger partial charge in [0.25, 0.3) is 0 Å². The Morgan fingerprint density at radius 2 is 1.59 bits per heavy atom. The van der Waals surface area contributed by atoms with E-state index in [9.17, 15) is 14.4 Å². The lowest BCUT2D eigenvalue weighted by Crippen LogP contribution is -2.52. The summed E-state index contributed by atoms with van der Waals surface area (Å²) in [5, 5.41) is 7.59. The van der Waals surface area contributed by atoms with E-state index in [4.69, 9.17) is 12.6 Å². The zero-order chi connectivity index (χ0) is 17.3. The highest BCUT2D eigenvalue weighted by Gasteiger charge is 2.23. The summed E-state index contributed by atoms with van der Waals surface area (Å²) < 4.78 is 5.06. The minimum absolute atomic E-state index is 0.300. The molecule has 0 spiro atoms. The maximum Gasteiger partial charge on any atom is 0.408 e. The number of amides is 3. The van der Waals surface area contributed by atoms with Gasteiger partial charge in [0, 0.05) is 6.54 Å².